The van der Waals surface area contributed by atoms with Crippen molar-refractivity contribution in [1.82, 2.24) is 19.6 Å². The van der Waals surface area contributed by atoms with Gasteiger partial charge >= 0.3 is 0 Å². The third-order valence-electron chi connectivity index (χ3n) is 19.3. The summed E-state index contributed by atoms with van der Waals surface area (Å²) in [6.07, 6.45) is 31.2. The Morgan fingerprint density at radius 1 is 0.425 bits per heavy atom. The number of hydrogen-bond donors (Lipinski definition) is 2. The lowest BCUT2D eigenvalue weighted by Gasteiger charge is -2.34. The molecule has 0 unspecified atom stereocenters. The molecule has 0 atom stereocenters. The van der Waals surface area contributed by atoms with Gasteiger partial charge in [-0.1, -0.05) is 141 Å². The topological polar surface area (TPSA) is 35.6 Å². The third-order valence-corrected chi connectivity index (χ3v) is 22.1. The number of aromatic nitrogens is 4. The highest BCUT2D eigenvalue weighted by Crippen LogP contribution is 2.49. The summed E-state index contributed by atoms with van der Waals surface area (Å²) in [7, 11) is 0. The van der Waals surface area contributed by atoms with E-state index in [1.165, 1.54) is 182 Å². The zero-order valence-electron chi connectivity index (χ0n) is 44.9. The Morgan fingerprint density at radius 3 is 1.05 bits per heavy atom. The lowest BCUT2D eigenvalue weighted by atomic mass is 9.71. The zero-order valence-corrected chi connectivity index (χ0v) is 48.3. The van der Waals surface area contributed by atoms with E-state index in [9.17, 15) is 0 Å². The number of thiophene rings is 2. The number of rotatable bonds is 12. The quantitative estimate of drug-likeness (QED) is 0.120. The van der Waals surface area contributed by atoms with E-state index in [2.05, 4.69) is 124 Å². The summed E-state index contributed by atoms with van der Waals surface area (Å²) >= 11 is 14.3. The highest BCUT2D eigenvalue weighted by atomic mass is 32.2. The van der Waals surface area contributed by atoms with Crippen LogP contribution in [0.15, 0.2) is 81.2 Å². The van der Waals surface area contributed by atoms with Crippen LogP contribution < -0.4 is 0 Å². The molecule has 4 aromatic heterocycles. The lowest BCUT2D eigenvalue weighted by Crippen LogP contribution is -2.23. The highest BCUT2D eigenvalue weighted by molar-refractivity contribution is 7.83. The van der Waals surface area contributed by atoms with Gasteiger partial charge < -0.3 is 0 Å². The first-order valence-corrected chi connectivity index (χ1v) is 31.1. The number of thiol groups is 2. The molecule has 384 valence electrons. The van der Waals surface area contributed by atoms with Gasteiger partial charge in [0.25, 0.3) is 0 Å². The molecule has 4 aliphatic carbocycles. The molecular weight excluding hydrogens is 965 g/mol. The molecule has 0 saturated heterocycles. The van der Waals surface area contributed by atoms with Crippen molar-refractivity contribution < 1.29 is 0 Å². The van der Waals surface area contributed by atoms with Gasteiger partial charge in [-0.25, -0.2) is 9.36 Å². The smallest absolute Gasteiger partial charge is 0.0973 e. The average Bonchev–Trinajstić information content (AvgIpc) is 4.10. The number of benzene rings is 4. The van der Waals surface area contributed by atoms with Crippen molar-refractivity contribution >= 4 is 89.9 Å². The number of hydrogen-bond acceptors (Lipinski definition) is 6. The van der Waals surface area contributed by atoms with Crippen LogP contribution in [0, 0.1) is 21.7 Å². The minimum atomic E-state index is -0.579. The highest BCUT2D eigenvalue weighted by Gasteiger charge is 2.38. The van der Waals surface area contributed by atoms with Crippen molar-refractivity contribution in [3.05, 3.63) is 106 Å². The summed E-state index contributed by atoms with van der Waals surface area (Å²) in [6, 6.07) is 29.1. The predicted octanol–water partition coefficient (Wildman–Crippen LogP) is 19.7. The second kappa shape index (κ2) is 19.5. The van der Waals surface area contributed by atoms with Crippen molar-refractivity contribution in [1.29, 1.82) is 0 Å². The van der Waals surface area contributed by atoms with E-state index in [1.54, 1.807) is 0 Å². The van der Waals surface area contributed by atoms with Gasteiger partial charge in [0.05, 0.1) is 47.6 Å². The first-order chi connectivity index (χ1) is 35.1. The molecule has 0 N–H and O–H groups in total. The van der Waals surface area contributed by atoms with Crippen molar-refractivity contribution in [3.63, 3.8) is 0 Å². The Hall–Kier alpha value is -3.56. The summed E-state index contributed by atoms with van der Waals surface area (Å²) in [5.74, 6) is 0. The van der Waals surface area contributed by atoms with Crippen LogP contribution in [0.2, 0.25) is 0 Å². The van der Waals surface area contributed by atoms with Crippen LogP contribution in [-0.2, 0) is 31.1 Å². The van der Waals surface area contributed by atoms with Gasteiger partial charge in [-0.2, -0.15) is 10.2 Å². The van der Waals surface area contributed by atoms with Crippen LogP contribution in [0.5, 0.6) is 0 Å². The molecule has 0 radical (unpaired) electrons. The van der Waals surface area contributed by atoms with Crippen LogP contribution in [-0.4, -0.2) is 19.6 Å². The summed E-state index contributed by atoms with van der Waals surface area (Å²) in [4.78, 5) is 0. The molecule has 12 rings (SSSR count). The maximum absolute atomic E-state index is 5.87. The van der Waals surface area contributed by atoms with Crippen LogP contribution in [0.25, 0.3) is 53.4 Å². The summed E-state index contributed by atoms with van der Waals surface area (Å²) in [5, 5.41) is 16.7. The largest absolute Gasteiger partial charge is 0.230 e. The molecule has 4 aromatic carbocycles. The van der Waals surface area contributed by atoms with E-state index >= 15 is 0 Å². The van der Waals surface area contributed by atoms with Gasteiger partial charge in [0.1, 0.15) is 0 Å². The van der Waals surface area contributed by atoms with Gasteiger partial charge in [0.2, 0.25) is 0 Å². The normalized spacial score (nSPS) is 20.2. The Balaban J connectivity index is 1.01. The molecule has 8 heteroatoms. The SMILES string of the molecule is CC1(Cc2ccc3c(-n4nc(C(C)(C)c5nn(-c6c(S)sc7cc(CC8(C)CCCCC8)ccc67)c6ccc(CC7(C)CCCCC7)cc56)c5cc(CC6(C)CCCCC6)ccc54)c(S)sc3c2)CCCCC1. The van der Waals surface area contributed by atoms with E-state index in [4.69, 9.17) is 35.5 Å². The second-order valence-electron chi connectivity index (χ2n) is 26.2. The third kappa shape index (κ3) is 9.70. The van der Waals surface area contributed by atoms with Gasteiger partial charge in [0.15, 0.2) is 0 Å². The molecule has 0 aliphatic heterocycles. The van der Waals surface area contributed by atoms with Crippen LogP contribution in [0.4, 0.5) is 0 Å². The van der Waals surface area contributed by atoms with Gasteiger partial charge in [-0.05, 0) is 171 Å². The Bertz CT molecular complexity index is 3110. The first kappa shape index (κ1) is 50.3. The monoisotopic (exact) mass is 1040 g/mol. The van der Waals surface area contributed by atoms with Crippen LogP contribution in [0.1, 0.15) is 204 Å². The molecule has 0 bridgehead atoms. The fourth-order valence-electron chi connectivity index (χ4n) is 15.1. The van der Waals surface area contributed by atoms with E-state index in [-0.39, 0.29) is 0 Å². The van der Waals surface area contributed by atoms with Gasteiger partial charge in [-0.15, -0.1) is 47.9 Å². The first-order valence-electron chi connectivity index (χ1n) is 28.6. The molecular formula is C65H80N4S4. The van der Waals surface area contributed by atoms with Crippen molar-refractivity contribution in [2.45, 2.75) is 209 Å². The number of nitrogens with zero attached hydrogens (tertiary/aromatic N) is 4. The molecule has 4 aliphatic rings. The molecule has 0 spiro atoms. The number of fused-ring (bicyclic) bond motifs is 4. The van der Waals surface area contributed by atoms with Gasteiger partial charge in [-0.3, -0.25) is 0 Å². The predicted molar refractivity (Wildman–Crippen MR) is 319 cm³/mol. The molecule has 73 heavy (non-hydrogen) atoms. The molecule has 4 saturated carbocycles. The van der Waals surface area contributed by atoms with Crippen LogP contribution in [0.3, 0.4) is 0 Å². The summed E-state index contributed by atoms with van der Waals surface area (Å²) < 4.78 is 9.15. The lowest BCUT2D eigenvalue weighted by molar-refractivity contribution is 0.215. The van der Waals surface area contributed by atoms with E-state index in [1.807, 2.05) is 22.7 Å². The molecule has 4 nitrogen and oxygen atoms in total. The molecule has 0 amide bonds. The Labute approximate surface area is 455 Å². The van der Waals surface area contributed by atoms with E-state index < -0.39 is 5.41 Å². The maximum Gasteiger partial charge on any atom is 0.0973 e. The fourth-order valence-corrected chi connectivity index (χ4v) is 18.1. The minimum Gasteiger partial charge on any atom is -0.230 e. The van der Waals surface area contributed by atoms with E-state index in [0.29, 0.717) is 21.7 Å². The average molecular weight is 1050 g/mol. The second-order valence-corrected chi connectivity index (χ2v) is 29.8. The maximum atomic E-state index is 5.87. The van der Waals surface area contributed by atoms with Gasteiger partial charge in [0, 0.05) is 30.9 Å². The molecule has 8 aromatic rings. The minimum absolute atomic E-state index is 0.314. The summed E-state index contributed by atoms with van der Waals surface area (Å²) in [6.45, 7) is 14.9. The Kier molecular flexibility index (Phi) is 13.4. The summed E-state index contributed by atoms with van der Waals surface area (Å²) in [5.41, 5.74) is 13.2. The van der Waals surface area contributed by atoms with Crippen molar-refractivity contribution in [2.75, 3.05) is 0 Å². The van der Waals surface area contributed by atoms with E-state index in [0.717, 1.165) is 67.9 Å². The standard InChI is InChI=1S/C65H80N4S4/c1-61(2,57-49-35-43(39-62(3)27-11-7-12-28-62)21-25-51(49)68(66-57)55-47-23-19-45(37-53(47)72-59(55)70)41-64(5)31-15-9-16-32-64)58-50-36-44(40-63(4)29-13-8-14-30-63)22-26-52(50)69(67-58)56-48-24-20-46(38-54(48)73-60(56)71)42-65(6)33-17-10-18-34-65/h19-26,35-38,70-71H,7-18,27-34,39-42H2,1-6H3. The fraction of sp³-hybridized carbons (Fsp3) is 0.538. The molecule has 4 heterocycles. The van der Waals surface area contributed by atoms with Crippen molar-refractivity contribution in [3.8, 4) is 11.4 Å². The molecule has 4 fully saturated rings. The zero-order chi connectivity index (χ0) is 50.3. The van der Waals surface area contributed by atoms with Crippen LogP contribution >= 0.6 is 47.9 Å². The Morgan fingerprint density at radius 2 is 0.726 bits per heavy atom. The van der Waals surface area contributed by atoms with Crippen molar-refractivity contribution in [2.24, 2.45) is 21.7 Å².